The van der Waals surface area contributed by atoms with Crippen LogP contribution in [0, 0.1) is 5.92 Å². The first-order chi connectivity index (χ1) is 10.6. The van der Waals surface area contributed by atoms with Crippen LogP contribution in [-0.4, -0.2) is 36.6 Å². The quantitative estimate of drug-likeness (QED) is 0.910. The van der Waals surface area contributed by atoms with Crippen LogP contribution in [0.3, 0.4) is 0 Å². The highest BCUT2D eigenvalue weighted by molar-refractivity contribution is 5.87. The molecular formula is C17H24N2O3. The summed E-state index contributed by atoms with van der Waals surface area (Å²) in [5, 5.41) is 2.71. The molecule has 1 atom stereocenters. The van der Waals surface area contributed by atoms with Crippen LogP contribution >= 0.6 is 0 Å². The lowest BCUT2D eigenvalue weighted by Gasteiger charge is -2.24. The lowest BCUT2D eigenvalue weighted by Crippen LogP contribution is -2.42. The fourth-order valence-electron chi connectivity index (χ4n) is 2.46. The molecular weight excluding hydrogens is 280 g/mol. The minimum atomic E-state index is -0.682. The monoisotopic (exact) mass is 304 g/mol. The topological polar surface area (TPSA) is 58.6 Å². The highest BCUT2D eigenvalue weighted by Gasteiger charge is 2.29. The molecule has 0 spiro atoms. The minimum Gasteiger partial charge on any atom is -0.449 e. The molecule has 0 saturated carbocycles. The maximum Gasteiger partial charge on any atom is 0.408 e. The van der Waals surface area contributed by atoms with Crippen molar-refractivity contribution in [3.05, 3.63) is 35.9 Å². The third-order valence-electron chi connectivity index (χ3n) is 3.61. The van der Waals surface area contributed by atoms with Crippen LogP contribution < -0.4 is 5.32 Å². The Kier molecular flexibility index (Phi) is 5.81. The van der Waals surface area contributed by atoms with Gasteiger partial charge in [-0.25, -0.2) is 4.79 Å². The van der Waals surface area contributed by atoms with Crippen molar-refractivity contribution in [3.8, 4) is 0 Å². The van der Waals surface area contributed by atoms with Crippen molar-refractivity contribution < 1.29 is 14.3 Å². The number of nitrogens with one attached hydrogen (secondary N) is 1. The van der Waals surface area contributed by atoms with Crippen molar-refractivity contribution in [2.75, 3.05) is 19.7 Å². The lowest BCUT2D eigenvalue weighted by atomic mass is 10.1. The van der Waals surface area contributed by atoms with Gasteiger partial charge in [-0.05, 0) is 24.3 Å². The number of alkyl carbamates (subject to hydrolysis) is 1. The Morgan fingerprint density at radius 1 is 1.18 bits per heavy atom. The summed E-state index contributed by atoms with van der Waals surface area (Å²) in [6.45, 7) is 5.79. The van der Waals surface area contributed by atoms with Crippen molar-refractivity contribution in [1.82, 2.24) is 10.2 Å². The van der Waals surface area contributed by atoms with Gasteiger partial charge in [0.1, 0.15) is 6.04 Å². The van der Waals surface area contributed by atoms with Gasteiger partial charge in [0.2, 0.25) is 5.91 Å². The van der Waals surface area contributed by atoms with Crippen LogP contribution in [0.2, 0.25) is 0 Å². The number of carbonyl (C=O) groups excluding carboxylic acids is 2. The Morgan fingerprint density at radius 3 is 2.41 bits per heavy atom. The molecule has 1 aromatic rings. The molecule has 22 heavy (non-hydrogen) atoms. The second-order valence-corrected chi connectivity index (χ2v) is 6.01. The third-order valence-corrected chi connectivity index (χ3v) is 3.61. The van der Waals surface area contributed by atoms with Gasteiger partial charge in [-0.15, -0.1) is 0 Å². The van der Waals surface area contributed by atoms with E-state index in [1.165, 1.54) is 0 Å². The summed E-state index contributed by atoms with van der Waals surface area (Å²) in [7, 11) is 0. The highest BCUT2D eigenvalue weighted by atomic mass is 16.5. The van der Waals surface area contributed by atoms with E-state index in [0.717, 1.165) is 31.5 Å². The summed E-state index contributed by atoms with van der Waals surface area (Å²) >= 11 is 0. The predicted molar refractivity (Wildman–Crippen MR) is 84.3 cm³/mol. The summed E-state index contributed by atoms with van der Waals surface area (Å²) < 4.78 is 5.15. The van der Waals surface area contributed by atoms with Crippen LogP contribution in [0.15, 0.2) is 30.3 Å². The van der Waals surface area contributed by atoms with E-state index >= 15 is 0 Å². The molecule has 5 nitrogen and oxygen atoms in total. The van der Waals surface area contributed by atoms with Gasteiger partial charge in [0.25, 0.3) is 0 Å². The summed E-state index contributed by atoms with van der Waals surface area (Å²) in [6.07, 6.45) is 1.49. The van der Waals surface area contributed by atoms with Crippen LogP contribution in [0.5, 0.6) is 0 Å². The molecule has 5 heteroatoms. The lowest BCUT2D eigenvalue weighted by molar-refractivity contribution is -0.132. The molecule has 0 radical (unpaired) electrons. The minimum absolute atomic E-state index is 0.0646. The van der Waals surface area contributed by atoms with Gasteiger partial charge in [-0.1, -0.05) is 44.2 Å². The maximum atomic E-state index is 12.7. The van der Waals surface area contributed by atoms with Gasteiger partial charge in [-0.3, -0.25) is 4.79 Å². The van der Waals surface area contributed by atoms with Gasteiger partial charge in [0.05, 0.1) is 6.61 Å². The van der Waals surface area contributed by atoms with E-state index in [1.807, 2.05) is 44.2 Å². The molecule has 0 aliphatic carbocycles. The largest absolute Gasteiger partial charge is 0.449 e. The van der Waals surface area contributed by atoms with E-state index in [1.54, 1.807) is 4.90 Å². The predicted octanol–water partition coefficient (Wildman–Crippen LogP) is 2.73. The molecule has 1 N–H and O–H groups in total. The number of nitrogens with zero attached hydrogens (tertiary/aromatic N) is 1. The number of rotatable bonds is 5. The number of carbonyl (C=O) groups is 2. The van der Waals surface area contributed by atoms with Crippen LogP contribution in [-0.2, 0) is 9.53 Å². The maximum absolute atomic E-state index is 12.7. The Balaban J connectivity index is 2.08. The van der Waals surface area contributed by atoms with Gasteiger partial charge < -0.3 is 15.0 Å². The van der Waals surface area contributed by atoms with Crippen molar-refractivity contribution in [2.24, 2.45) is 5.92 Å². The molecule has 0 aromatic heterocycles. The second-order valence-electron chi connectivity index (χ2n) is 6.01. The van der Waals surface area contributed by atoms with Gasteiger partial charge in [-0.2, -0.15) is 0 Å². The molecule has 1 aromatic carbocycles. The smallest absolute Gasteiger partial charge is 0.408 e. The summed E-state index contributed by atoms with van der Waals surface area (Å²) in [5.74, 6) is 0.195. The fraction of sp³-hybridized carbons (Fsp3) is 0.529. The number of amides is 2. The SMILES string of the molecule is CC(C)COC(=O)NC(C(=O)N1CCCC1)c1ccccc1. The van der Waals surface area contributed by atoms with Crippen molar-refractivity contribution in [3.63, 3.8) is 0 Å². The fourth-order valence-corrected chi connectivity index (χ4v) is 2.46. The first-order valence-corrected chi connectivity index (χ1v) is 7.85. The molecule has 0 bridgehead atoms. The van der Waals surface area contributed by atoms with Crippen LogP contribution in [0.25, 0.3) is 0 Å². The molecule has 1 unspecified atom stereocenters. The van der Waals surface area contributed by atoms with Crippen LogP contribution in [0.1, 0.15) is 38.3 Å². The van der Waals surface area contributed by atoms with Crippen LogP contribution in [0.4, 0.5) is 4.79 Å². The van der Waals surface area contributed by atoms with E-state index in [4.69, 9.17) is 4.74 Å². The molecule has 1 aliphatic heterocycles. The van der Waals surface area contributed by atoms with Gasteiger partial charge in [0.15, 0.2) is 0 Å². The average Bonchev–Trinajstić information content (AvgIpc) is 3.05. The molecule has 2 rings (SSSR count). The molecule has 1 saturated heterocycles. The second kappa shape index (κ2) is 7.82. The van der Waals surface area contributed by atoms with E-state index in [-0.39, 0.29) is 11.8 Å². The standard InChI is InChI=1S/C17H24N2O3/c1-13(2)12-22-17(21)18-15(14-8-4-3-5-9-14)16(20)19-10-6-7-11-19/h3-5,8-9,13,15H,6-7,10-12H2,1-2H3,(H,18,21). The first-order valence-electron chi connectivity index (χ1n) is 7.85. The zero-order valence-corrected chi connectivity index (χ0v) is 13.2. The highest BCUT2D eigenvalue weighted by Crippen LogP contribution is 2.19. The molecule has 2 amide bonds. The molecule has 120 valence electrons. The number of ether oxygens (including phenoxy) is 1. The van der Waals surface area contributed by atoms with E-state index in [2.05, 4.69) is 5.32 Å². The van der Waals surface area contributed by atoms with Crippen molar-refractivity contribution in [1.29, 1.82) is 0 Å². The third kappa shape index (κ3) is 4.48. The van der Waals surface area contributed by atoms with Gasteiger partial charge >= 0.3 is 6.09 Å². The summed E-state index contributed by atoms with van der Waals surface area (Å²) in [5.41, 5.74) is 0.779. The summed E-state index contributed by atoms with van der Waals surface area (Å²) in [4.78, 5) is 26.4. The Bertz CT molecular complexity index is 496. The zero-order chi connectivity index (χ0) is 15.9. The molecule has 1 heterocycles. The molecule has 1 aliphatic rings. The van der Waals surface area contributed by atoms with E-state index in [9.17, 15) is 9.59 Å². The number of hydrogen-bond acceptors (Lipinski definition) is 3. The normalized spacial score (nSPS) is 15.7. The van der Waals surface area contributed by atoms with E-state index in [0.29, 0.717) is 6.61 Å². The Hall–Kier alpha value is -2.04. The van der Waals surface area contributed by atoms with Crippen molar-refractivity contribution >= 4 is 12.0 Å². The van der Waals surface area contributed by atoms with Gasteiger partial charge in [0, 0.05) is 13.1 Å². The number of hydrogen-bond donors (Lipinski definition) is 1. The zero-order valence-electron chi connectivity index (χ0n) is 13.2. The Labute approximate surface area is 131 Å². The number of likely N-dealkylation sites (tertiary alicyclic amines) is 1. The average molecular weight is 304 g/mol. The Morgan fingerprint density at radius 2 is 1.82 bits per heavy atom. The first kappa shape index (κ1) is 16.3. The molecule has 1 fully saturated rings. The van der Waals surface area contributed by atoms with Crippen molar-refractivity contribution in [2.45, 2.75) is 32.7 Å². The van der Waals surface area contributed by atoms with E-state index < -0.39 is 12.1 Å². The number of benzene rings is 1. The summed E-state index contributed by atoms with van der Waals surface area (Å²) in [6, 6.07) is 8.63.